The summed E-state index contributed by atoms with van der Waals surface area (Å²) in [5.41, 5.74) is 6.03. The van der Waals surface area contributed by atoms with Gasteiger partial charge in [0.25, 0.3) is 0 Å². The molecule has 0 amide bonds. The predicted molar refractivity (Wildman–Crippen MR) is 111 cm³/mol. The zero-order valence-electron chi connectivity index (χ0n) is 16.2. The lowest BCUT2D eigenvalue weighted by atomic mass is 9.97. The number of para-hydroxylation sites is 1. The Morgan fingerprint density at radius 1 is 0.929 bits per heavy atom. The minimum atomic E-state index is 0.262. The van der Waals surface area contributed by atoms with Crippen LogP contribution in [0.3, 0.4) is 0 Å². The molecule has 4 rings (SSSR count). The van der Waals surface area contributed by atoms with Crippen LogP contribution in [0.15, 0.2) is 55.2 Å². The molecule has 0 radical (unpaired) electrons. The summed E-state index contributed by atoms with van der Waals surface area (Å²) < 4.78 is 0. The van der Waals surface area contributed by atoms with Crippen LogP contribution >= 0.6 is 0 Å². The number of hydrogen-bond acceptors (Lipinski definition) is 6. The van der Waals surface area contributed by atoms with E-state index in [0.29, 0.717) is 0 Å². The Bertz CT molecular complexity index is 1110. The summed E-state index contributed by atoms with van der Waals surface area (Å²) >= 11 is 0. The van der Waals surface area contributed by atoms with Gasteiger partial charge in [-0.15, -0.1) is 0 Å². The Kier molecular flexibility index (Phi) is 4.93. The number of hydrogen-bond donors (Lipinski definition) is 1. The summed E-state index contributed by atoms with van der Waals surface area (Å²) in [5.74, 6) is 1.06. The van der Waals surface area contributed by atoms with Crippen LogP contribution in [0.4, 0.5) is 5.82 Å². The van der Waals surface area contributed by atoms with Gasteiger partial charge in [0, 0.05) is 47.1 Å². The van der Waals surface area contributed by atoms with Crippen molar-refractivity contribution in [2.75, 3.05) is 11.9 Å². The van der Waals surface area contributed by atoms with Gasteiger partial charge < -0.3 is 5.32 Å². The van der Waals surface area contributed by atoms with E-state index < -0.39 is 0 Å². The molecule has 3 aromatic heterocycles. The standard InChI is InChI=1S/C22H22N6/c1-14(18-5-4-6-19-16(3)25-12-28-22(18)19)10-24-21-9-20(26-13-27-21)17-8-7-15(2)23-11-17/h4-9,11-14H,10H2,1-3H3,(H,24,26,27)/t14-/m1/s1. The highest BCUT2D eigenvalue weighted by Gasteiger charge is 2.12. The van der Waals surface area contributed by atoms with Crippen LogP contribution in [0.2, 0.25) is 0 Å². The van der Waals surface area contributed by atoms with E-state index in [4.69, 9.17) is 0 Å². The molecule has 0 saturated carbocycles. The Labute approximate surface area is 164 Å². The first-order valence-corrected chi connectivity index (χ1v) is 9.31. The molecule has 0 spiro atoms. The van der Waals surface area contributed by atoms with Crippen molar-refractivity contribution in [3.63, 3.8) is 0 Å². The van der Waals surface area contributed by atoms with Crippen LogP contribution < -0.4 is 5.32 Å². The molecule has 6 heteroatoms. The van der Waals surface area contributed by atoms with Gasteiger partial charge in [-0.25, -0.2) is 19.9 Å². The SMILES string of the molecule is Cc1ccc(-c2cc(NC[C@@H](C)c3cccc4c(C)ncnc34)ncn2)cn1. The number of nitrogens with zero attached hydrogens (tertiary/aromatic N) is 5. The molecule has 0 fully saturated rings. The first-order chi connectivity index (χ1) is 13.6. The van der Waals surface area contributed by atoms with Crippen molar-refractivity contribution in [3.05, 3.63) is 72.2 Å². The number of aromatic nitrogens is 5. The van der Waals surface area contributed by atoms with Crippen molar-refractivity contribution in [1.29, 1.82) is 0 Å². The van der Waals surface area contributed by atoms with Crippen LogP contribution in [0, 0.1) is 13.8 Å². The summed E-state index contributed by atoms with van der Waals surface area (Å²) in [7, 11) is 0. The maximum Gasteiger partial charge on any atom is 0.129 e. The highest BCUT2D eigenvalue weighted by Crippen LogP contribution is 2.25. The first-order valence-electron chi connectivity index (χ1n) is 9.31. The van der Waals surface area contributed by atoms with Crippen LogP contribution in [0.25, 0.3) is 22.2 Å². The third-order valence-corrected chi connectivity index (χ3v) is 4.89. The van der Waals surface area contributed by atoms with E-state index in [1.54, 1.807) is 12.7 Å². The van der Waals surface area contributed by atoms with E-state index in [9.17, 15) is 0 Å². The number of nitrogens with one attached hydrogen (secondary N) is 1. The quantitative estimate of drug-likeness (QED) is 0.564. The fourth-order valence-electron chi connectivity index (χ4n) is 3.24. The van der Waals surface area contributed by atoms with Gasteiger partial charge in [-0.3, -0.25) is 4.98 Å². The van der Waals surface area contributed by atoms with Crippen LogP contribution in [0.5, 0.6) is 0 Å². The van der Waals surface area contributed by atoms with Crippen molar-refractivity contribution in [2.24, 2.45) is 0 Å². The third kappa shape index (κ3) is 3.67. The molecular weight excluding hydrogens is 348 g/mol. The molecule has 140 valence electrons. The fourth-order valence-corrected chi connectivity index (χ4v) is 3.24. The predicted octanol–water partition coefficient (Wildman–Crippen LogP) is 4.31. The smallest absolute Gasteiger partial charge is 0.129 e. The van der Waals surface area contributed by atoms with Crippen molar-refractivity contribution >= 4 is 16.7 Å². The lowest BCUT2D eigenvalue weighted by Crippen LogP contribution is -2.12. The Balaban J connectivity index is 1.53. The maximum absolute atomic E-state index is 4.51. The molecular formula is C22H22N6. The summed E-state index contributed by atoms with van der Waals surface area (Å²) in [5, 5.41) is 4.53. The molecule has 4 aromatic rings. The molecule has 0 aliphatic rings. The summed E-state index contributed by atoms with van der Waals surface area (Å²) in [6.07, 6.45) is 5.05. The average Bonchev–Trinajstić information content (AvgIpc) is 2.73. The average molecular weight is 370 g/mol. The van der Waals surface area contributed by atoms with Crippen molar-refractivity contribution < 1.29 is 0 Å². The molecule has 0 saturated heterocycles. The van der Waals surface area contributed by atoms with Crippen LogP contribution in [-0.4, -0.2) is 31.5 Å². The largest absolute Gasteiger partial charge is 0.369 e. The number of benzene rings is 1. The van der Waals surface area contributed by atoms with Gasteiger partial charge in [0.05, 0.1) is 11.2 Å². The molecule has 1 aromatic carbocycles. The van der Waals surface area contributed by atoms with Gasteiger partial charge >= 0.3 is 0 Å². The number of pyridine rings is 1. The van der Waals surface area contributed by atoms with Gasteiger partial charge in [0.15, 0.2) is 0 Å². The lowest BCUT2D eigenvalue weighted by molar-refractivity contribution is 0.805. The topological polar surface area (TPSA) is 76.5 Å². The van der Waals surface area contributed by atoms with Gasteiger partial charge in [-0.1, -0.05) is 25.1 Å². The first kappa shape index (κ1) is 18.0. The molecule has 1 N–H and O–H groups in total. The minimum Gasteiger partial charge on any atom is -0.369 e. The minimum absolute atomic E-state index is 0.262. The van der Waals surface area contributed by atoms with E-state index in [-0.39, 0.29) is 5.92 Å². The van der Waals surface area contributed by atoms with E-state index in [2.05, 4.69) is 55.4 Å². The van der Waals surface area contributed by atoms with E-state index in [1.807, 2.05) is 38.2 Å². The Morgan fingerprint density at radius 2 is 1.79 bits per heavy atom. The molecule has 3 heterocycles. The molecule has 1 atom stereocenters. The molecule has 0 unspecified atom stereocenters. The highest BCUT2D eigenvalue weighted by atomic mass is 15.0. The van der Waals surface area contributed by atoms with Crippen LogP contribution in [-0.2, 0) is 0 Å². The number of anilines is 1. The number of fused-ring (bicyclic) bond motifs is 1. The normalized spacial score (nSPS) is 12.1. The number of aryl methyl sites for hydroxylation is 2. The second-order valence-corrected chi connectivity index (χ2v) is 6.96. The summed E-state index contributed by atoms with van der Waals surface area (Å²) in [4.78, 5) is 21.9. The second kappa shape index (κ2) is 7.68. The number of rotatable bonds is 5. The zero-order chi connectivity index (χ0) is 19.5. The molecule has 0 aliphatic carbocycles. The molecule has 6 nitrogen and oxygen atoms in total. The third-order valence-electron chi connectivity index (χ3n) is 4.89. The second-order valence-electron chi connectivity index (χ2n) is 6.96. The van der Waals surface area contributed by atoms with Gasteiger partial charge in [-0.05, 0) is 31.5 Å². The van der Waals surface area contributed by atoms with E-state index in [1.165, 1.54) is 5.56 Å². The van der Waals surface area contributed by atoms with Crippen molar-refractivity contribution in [3.8, 4) is 11.3 Å². The maximum atomic E-state index is 4.51. The van der Waals surface area contributed by atoms with Crippen LogP contribution in [0.1, 0.15) is 29.8 Å². The van der Waals surface area contributed by atoms with E-state index >= 15 is 0 Å². The molecule has 0 bridgehead atoms. The Morgan fingerprint density at radius 3 is 2.61 bits per heavy atom. The molecule has 28 heavy (non-hydrogen) atoms. The van der Waals surface area contributed by atoms with E-state index in [0.717, 1.165) is 45.9 Å². The van der Waals surface area contributed by atoms with Gasteiger partial charge in [0.2, 0.25) is 0 Å². The lowest BCUT2D eigenvalue weighted by Gasteiger charge is -2.16. The van der Waals surface area contributed by atoms with Gasteiger partial charge in [-0.2, -0.15) is 0 Å². The zero-order valence-corrected chi connectivity index (χ0v) is 16.2. The summed E-state index contributed by atoms with van der Waals surface area (Å²) in [6.45, 7) is 6.91. The highest BCUT2D eigenvalue weighted by molar-refractivity contribution is 5.84. The monoisotopic (exact) mass is 370 g/mol. The Hall–Kier alpha value is -3.41. The fraction of sp³-hybridized carbons (Fsp3) is 0.227. The van der Waals surface area contributed by atoms with Gasteiger partial charge in [0.1, 0.15) is 18.5 Å². The molecule has 0 aliphatic heterocycles. The summed E-state index contributed by atoms with van der Waals surface area (Å²) in [6, 6.07) is 12.2. The van der Waals surface area contributed by atoms with Crippen molar-refractivity contribution in [1.82, 2.24) is 24.9 Å². The van der Waals surface area contributed by atoms with Crippen molar-refractivity contribution in [2.45, 2.75) is 26.7 Å².